The van der Waals surface area contributed by atoms with Crippen LogP contribution in [-0.2, 0) is 9.09 Å². The van der Waals surface area contributed by atoms with Crippen LogP contribution in [0.5, 0.6) is 0 Å². The molecular formula is C15H22O3P+. The van der Waals surface area contributed by atoms with Crippen molar-refractivity contribution in [2.24, 2.45) is 5.92 Å². The quantitative estimate of drug-likeness (QED) is 0.532. The van der Waals surface area contributed by atoms with Crippen LogP contribution in [0, 0.1) is 5.92 Å². The van der Waals surface area contributed by atoms with Crippen molar-refractivity contribution in [2.45, 2.75) is 39.5 Å². The Kier molecular flexibility index (Phi) is 6.90. The highest BCUT2D eigenvalue weighted by atomic mass is 31.1. The van der Waals surface area contributed by atoms with Gasteiger partial charge in [0.25, 0.3) is 0 Å². The number of unbranched alkanes of at least 4 members (excludes halogenated alkanes) is 1. The molecule has 0 aromatic heterocycles. The molecule has 2 atom stereocenters. The molecule has 0 N–H and O–H groups in total. The minimum Gasteiger partial charge on any atom is -0.294 e. The number of ketones is 1. The van der Waals surface area contributed by atoms with E-state index in [0.29, 0.717) is 10.9 Å². The highest BCUT2D eigenvalue weighted by Gasteiger charge is 2.22. The summed E-state index contributed by atoms with van der Waals surface area (Å²) in [6.45, 7) is 4.18. The van der Waals surface area contributed by atoms with Crippen LogP contribution in [-0.4, -0.2) is 12.9 Å². The highest BCUT2D eigenvalue weighted by molar-refractivity contribution is 7.48. The largest absolute Gasteiger partial charge is 0.548 e. The second-order valence-corrected chi connectivity index (χ2v) is 5.99. The van der Waals surface area contributed by atoms with Crippen LogP contribution >= 0.6 is 8.03 Å². The lowest BCUT2D eigenvalue weighted by Gasteiger charge is -2.12. The van der Waals surface area contributed by atoms with Gasteiger partial charge in [0.15, 0.2) is 5.78 Å². The Morgan fingerprint density at radius 2 is 1.89 bits per heavy atom. The fourth-order valence-electron chi connectivity index (χ4n) is 2.06. The van der Waals surface area contributed by atoms with E-state index in [4.69, 9.17) is 4.52 Å². The van der Waals surface area contributed by atoms with Crippen molar-refractivity contribution < 1.29 is 13.9 Å². The van der Waals surface area contributed by atoms with E-state index in [2.05, 4.69) is 13.8 Å². The van der Waals surface area contributed by atoms with E-state index in [0.717, 1.165) is 25.7 Å². The van der Waals surface area contributed by atoms with Gasteiger partial charge < -0.3 is 0 Å². The molecule has 0 saturated heterocycles. The van der Waals surface area contributed by atoms with E-state index in [9.17, 15) is 9.36 Å². The number of Topliss-reactive ketones (excluding diaryl/α,β-unsaturated/α-hetero) is 1. The minimum absolute atomic E-state index is 0.0991. The Bertz CT molecular complexity index is 426. The van der Waals surface area contributed by atoms with Gasteiger partial charge in [-0.1, -0.05) is 26.7 Å². The monoisotopic (exact) mass is 281 g/mol. The first-order valence-corrected chi connectivity index (χ1v) is 7.97. The van der Waals surface area contributed by atoms with Gasteiger partial charge in [-0.15, -0.1) is 4.52 Å². The maximum atomic E-state index is 12.3. The number of hydrogen-bond acceptors (Lipinski definition) is 3. The predicted octanol–water partition coefficient (Wildman–Crippen LogP) is 4.10. The van der Waals surface area contributed by atoms with Crippen molar-refractivity contribution in [3.63, 3.8) is 0 Å². The van der Waals surface area contributed by atoms with Crippen LogP contribution in [0.4, 0.5) is 0 Å². The molecule has 0 saturated carbocycles. The normalized spacial score (nSPS) is 13.1. The van der Waals surface area contributed by atoms with Crippen LogP contribution in [0.1, 0.15) is 49.9 Å². The molecular weight excluding hydrogens is 259 g/mol. The van der Waals surface area contributed by atoms with Crippen molar-refractivity contribution in [1.82, 2.24) is 0 Å². The van der Waals surface area contributed by atoms with Gasteiger partial charge in [-0.3, -0.25) is 4.79 Å². The Balaban J connectivity index is 2.78. The topological polar surface area (TPSA) is 43.4 Å². The zero-order chi connectivity index (χ0) is 14.3. The Morgan fingerprint density at radius 1 is 1.26 bits per heavy atom. The Labute approximate surface area is 116 Å². The fourth-order valence-corrected chi connectivity index (χ4v) is 2.66. The third-order valence-corrected chi connectivity index (χ3v) is 4.35. The third kappa shape index (κ3) is 4.52. The molecule has 0 bridgehead atoms. The first kappa shape index (κ1) is 16.0. The molecule has 0 aliphatic heterocycles. The summed E-state index contributed by atoms with van der Waals surface area (Å²) >= 11 is 0. The van der Waals surface area contributed by atoms with Gasteiger partial charge in [-0.25, -0.2) is 0 Å². The van der Waals surface area contributed by atoms with Crippen LogP contribution < -0.4 is 5.30 Å². The first-order chi connectivity index (χ1) is 9.13. The molecule has 0 amide bonds. The zero-order valence-corrected chi connectivity index (χ0v) is 12.8. The maximum absolute atomic E-state index is 12.3. The second-order valence-electron chi connectivity index (χ2n) is 4.60. The molecule has 4 heteroatoms. The molecule has 0 fully saturated rings. The first-order valence-electron chi connectivity index (χ1n) is 6.79. The molecule has 1 rings (SSSR count). The number of rotatable bonds is 8. The molecule has 1 aromatic carbocycles. The van der Waals surface area contributed by atoms with E-state index >= 15 is 0 Å². The smallest absolute Gasteiger partial charge is 0.294 e. The van der Waals surface area contributed by atoms with E-state index in [1.54, 1.807) is 24.3 Å². The Morgan fingerprint density at radius 3 is 2.37 bits per heavy atom. The molecule has 104 valence electrons. The van der Waals surface area contributed by atoms with Crippen molar-refractivity contribution >= 4 is 19.1 Å². The molecule has 0 radical (unpaired) electrons. The van der Waals surface area contributed by atoms with Crippen molar-refractivity contribution in [3.8, 4) is 0 Å². The van der Waals surface area contributed by atoms with Gasteiger partial charge in [-0.05, 0) is 41.7 Å². The molecule has 0 aliphatic rings. The van der Waals surface area contributed by atoms with Gasteiger partial charge in [0, 0.05) is 11.5 Å². The zero-order valence-electron chi connectivity index (χ0n) is 11.9. The van der Waals surface area contributed by atoms with Crippen molar-refractivity contribution in [2.75, 3.05) is 7.11 Å². The maximum Gasteiger partial charge on any atom is 0.548 e. The summed E-state index contributed by atoms with van der Waals surface area (Å²) in [7, 11) is -0.382. The highest BCUT2D eigenvalue weighted by Crippen LogP contribution is 2.22. The van der Waals surface area contributed by atoms with Crippen molar-refractivity contribution in [1.29, 1.82) is 0 Å². The summed E-state index contributed by atoms with van der Waals surface area (Å²) in [5.41, 5.74) is 0.700. The van der Waals surface area contributed by atoms with Crippen molar-refractivity contribution in [3.05, 3.63) is 29.8 Å². The summed E-state index contributed by atoms with van der Waals surface area (Å²) in [6.07, 6.45) is 4.00. The lowest BCUT2D eigenvalue weighted by atomic mass is 9.91. The van der Waals surface area contributed by atoms with Gasteiger partial charge in [0.1, 0.15) is 0 Å². The third-order valence-electron chi connectivity index (χ3n) is 3.30. The summed E-state index contributed by atoms with van der Waals surface area (Å²) in [4.78, 5) is 12.3. The number of carbonyl (C=O) groups excluding carboxylic acids is 1. The summed E-state index contributed by atoms with van der Waals surface area (Å²) in [6, 6.07) is 6.92. The van der Waals surface area contributed by atoms with Gasteiger partial charge in [0.05, 0.1) is 7.11 Å². The molecule has 0 spiro atoms. The Hall–Kier alpha value is -1.05. The molecule has 0 aliphatic carbocycles. The van der Waals surface area contributed by atoms with Gasteiger partial charge in [0.2, 0.25) is 5.30 Å². The summed E-state index contributed by atoms with van der Waals surface area (Å²) in [5, 5.41) is 0.621. The summed E-state index contributed by atoms with van der Waals surface area (Å²) < 4.78 is 16.2. The average molecular weight is 281 g/mol. The molecule has 0 heterocycles. The lowest BCUT2D eigenvalue weighted by Crippen LogP contribution is -2.14. The van der Waals surface area contributed by atoms with Gasteiger partial charge >= 0.3 is 8.03 Å². The lowest BCUT2D eigenvalue weighted by molar-refractivity contribution is 0.0908. The number of benzene rings is 1. The van der Waals surface area contributed by atoms with E-state index < -0.39 is 8.03 Å². The van der Waals surface area contributed by atoms with Crippen LogP contribution in [0.25, 0.3) is 0 Å². The predicted molar refractivity (Wildman–Crippen MR) is 78.3 cm³/mol. The van der Waals surface area contributed by atoms with Gasteiger partial charge in [-0.2, -0.15) is 0 Å². The van der Waals surface area contributed by atoms with Crippen LogP contribution in [0.2, 0.25) is 0 Å². The van der Waals surface area contributed by atoms with Crippen LogP contribution in [0.15, 0.2) is 24.3 Å². The standard InChI is InChI=1S/C15H22O3P/c1-4-6-7-12(5-2)15(16)13-8-10-14(11-9-13)19(17)18-3/h8-12H,4-7H2,1-3H3/q+1. The van der Waals surface area contributed by atoms with E-state index in [-0.39, 0.29) is 11.7 Å². The average Bonchev–Trinajstić information content (AvgIpc) is 2.47. The van der Waals surface area contributed by atoms with E-state index in [1.807, 2.05) is 0 Å². The van der Waals surface area contributed by atoms with Crippen LogP contribution in [0.3, 0.4) is 0 Å². The molecule has 1 aromatic rings. The molecule has 19 heavy (non-hydrogen) atoms. The molecule has 3 nitrogen and oxygen atoms in total. The number of hydrogen-bond donors (Lipinski definition) is 0. The number of carbonyl (C=O) groups is 1. The second kappa shape index (κ2) is 8.19. The SMILES string of the molecule is CCCCC(CC)C(=O)c1ccc([P+](=O)OC)cc1. The molecule has 2 unspecified atom stereocenters. The van der Waals surface area contributed by atoms with E-state index in [1.165, 1.54) is 7.11 Å². The minimum atomic E-state index is -1.79. The fraction of sp³-hybridized carbons (Fsp3) is 0.533. The summed E-state index contributed by atoms with van der Waals surface area (Å²) in [5.74, 6) is 0.289.